The van der Waals surface area contributed by atoms with Crippen LogP contribution < -0.4 is 20.7 Å². The zero-order valence-corrected chi connectivity index (χ0v) is 32.7. The van der Waals surface area contributed by atoms with Crippen LogP contribution in [0.4, 0.5) is 4.79 Å². The van der Waals surface area contributed by atoms with Gasteiger partial charge in [0.15, 0.2) is 0 Å². The van der Waals surface area contributed by atoms with Crippen LogP contribution in [0, 0.1) is 5.92 Å². The van der Waals surface area contributed by atoms with Gasteiger partial charge in [-0.25, -0.2) is 4.79 Å². The number of morpholine rings is 1. The minimum Gasteiger partial charge on any atom is -0.492 e. The molecular formula is C43H58N4O9. The zero-order valence-electron chi connectivity index (χ0n) is 32.7. The van der Waals surface area contributed by atoms with Crippen LogP contribution in [0.1, 0.15) is 61.9 Å². The zero-order chi connectivity index (χ0) is 40.1. The van der Waals surface area contributed by atoms with E-state index in [1.807, 2.05) is 78.9 Å². The summed E-state index contributed by atoms with van der Waals surface area (Å²) in [6.45, 7) is 9.25. The summed E-state index contributed by atoms with van der Waals surface area (Å²) in [4.78, 5) is 42.8. The fourth-order valence-electron chi connectivity index (χ4n) is 7.16. The van der Waals surface area contributed by atoms with Crippen molar-refractivity contribution in [1.29, 1.82) is 0 Å². The van der Waals surface area contributed by atoms with Gasteiger partial charge in [0.25, 0.3) is 0 Å². The summed E-state index contributed by atoms with van der Waals surface area (Å²) in [6, 6.07) is 21.9. The number of nitrogens with zero attached hydrogens (tertiary/aromatic N) is 1. The number of rotatable bonds is 18. The Kier molecular flexibility index (Phi) is 15.7. The lowest BCUT2D eigenvalue weighted by Crippen LogP contribution is -2.54. The van der Waals surface area contributed by atoms with Gasteiger partial charge in [0, 0.05) is 38.6 Å². The average Bonchev–Trinajstić information content (AvgIpc) is 3.48. The van der Waals surface area contributed by atoms with Crippen molar-refractivity contribution < 1.29 is 43.9 Å². The van der Waals surface area contributed by atoms with Gasteiger partial charge in [0.1, 0.15) is 24.0 Å². The van der Waals surface area contributed by atoms with E-state index >= 15 is 0 Å². The quantitative estimate of drug-likeness (QED) is 0.113. The topological polar surface area (TPSA) is 179 Å². The lowest BCUT2D eigenvalue weighted by molar-refractivity contribution is -0.128. The fourth-order valence-corrected chi connectivity index (χ4v) is 7.16. The molecule has 3 amide bonds. The Bertz CT molecular complexity index is 1700. The van der Waals surface area contributed by atoms with Crippen LogP contribution in [0.2, 0.25) is 0 Å². The van der Waals surface area contributed by atoms with E-state index in [4.69, 9.17) is 14.2 Å². The number of nitrogens with one attached hydrogen (secondary N) is 3. The maximum absolute atomic E-state index is 14.2. The molecule has 304 valence electrons. The minimum absolute atomic E-state index is 0.0317. The molecule has 0 bridgehead atoms. The highest BCUT2D eigenvalue weighted by molar-refractivity contribution is 5.86. The fraction of sp³-hybridized carbons (Fsp3) is 0.512. The molecule has 1 saturated heterocycles. The van der Waals surface area contributed by atoms with E-state index in [9.17, 15) is 29.7 Å². The standard InChI is InChI=1S/C43H58N4O9/c1-43(2,3)56-42(53)45-35(17-21-48)41(52)44-36(26-29-9-5-4-6-10-29)37(49)28-32(40(51)46-39-34-12-8-7-11-31(34)27-38(39)50)25-30-13-15-33(16-14-30)55-24-20-47-18-22-54-23-19-47/h4-16,32,35-39,48-50H,17-28H2,1-3H3,(H,44,52)(H,45,53)(H,46,51)/t32-,35+,36+,37+,38-,39+/m1/s1. The molecule has 0 aromatic heterocycles. The van der Waals surface area contributed by atoms with Crippen LogP contribution in [0.15, 0.2) is 78.9 Å². The van der Waals surface area contributed by atoms with E-state index in [1.54, 1.807) is 20.8 Å². The normalized spacial score (nSPS) is 19.2. The molecule has 5 rings (SSSR count). The smallest absolute Gasteiger partial charge is 0.408 e. The Balaban J connectivity index is 1.33. The van der Waals surface area contributed by atoms with E-state index in [0.717, 1.165) is 55.1 Å². The molecule has 1 heterocycles. The number of benzene rings is 3. The number of hydrogen-bond acceptors (Lipinski definition) is 10. The summed E-state index contributed by atoms with van der Waals surface area (Å²) in [5.41, 5.74) is 2.70. The Hall–Kier alpha value is -4.53. The highest BCUT2D eigenvalue weighted by Crippen LogP contribution is 2.32. The molecule has 1 aliphatic heterocycles. The number of fused-ring (bicyclic) bond motifs is 1. The summed E-state index contributed by atoms with van der Waals surface area (Å²) < 4.78 is 16.8. The van der Waals surface area contributed by atoms with Crippen LogP contribution in [0.3, 0.4) is 0 Å². The molecule has 13 heteroatoms. The third-order valence-electron chi connectivity index (χ3n) is 10.1. The van der Waals surface area contributed by atoms with E-state index < -0.39 is 53.9 Å². The largest absolute Gasteiger partial charge is 0.492 e. The number of hydrogen-bond donors (Lipinski definition) is 6. The summed E-state index contributed by atoms with van der Waals surface area (Å²) in [6.07, 6.45) is -2.03. The lowest BCUT2D eigenvalue weighted by atomic mass is 9.88. The van der Waals surface area contributed by atoms with E-state index in [1.165, 1.54) is 0 Å². The first-order chi connectivity index (χ1) is 26.9. The van der Waals surface area contributed by atoms with Crippen molar-refractivity contribution in [2.24, 2.45) is 5.92 Å². The van der Waals surface area contributed by atoms with Gasteiger partial charge in [-0.1, -0.05) is 66.7 Å². The first-order valence-corrected chi connectivity index (χ1v) is 19.6. The third-order valence-corrected chi connectivity index (χ3v) is 10.1. The van der Waals surface area contributed by atoms with Crippen LogP contribution in [-0.4, -0.2) is 114 Å². The number of aliphatic hydroxyl groups is 3. The van der Waals surface area contributed by atoms with Crippen molar-refractivity contribution in [1.82, 2.24) is 20.9 Å². The molecule has 1 aliphatic carbocycles. The summed E-state index contributed by atoms with van der Waals surface area (Å²) in [5.74, 6) is -1.01. The SMILES string of the molecule is CC(C)(C)OC(=O)N[C@@H](CCO)C(=O)N[C@@H](Cc1ccccc1)[C@@H](O)C[C@@H](Cc1ccc(OCCN2CCOCC2)cc1)C(=O)N[C@H]1c2ccccc2C[C@H]1O. The molecule has 0 spiro atoms. The van der Waals surface area contributed by atoms with Gasteiger partial charge < -0.3 is 45.5 Å². The van der Waals surface area contributed by atoms with Crippen molar-refractivity contribution in [3.63, 3.8) is 0 Å². The molecule has 0 radical (unpaired) electrons. The van der Waals surface area contributed by atoms with Crippen LogP contribution in [-0.2, 0) is 38.3 Å². The van der Waals surface area contributed by atoms with E-state index in [2.05, 4.69) is 20.9 Å². The number of carbonyl (C=O) groups is 3. The molecule has 3 aromatic rings. The Morgan fingerprint density at radius 1 is 0.893 bits per heavy atom. The number of ether oxygens (including phenoxy) is 3. The van der Waals surface area contributed by atoms with Crippen LogP contribution in [0.5, 0.6) is 5.75 Å². The molecule has 3 aromatic carbocycles. The van der Waals surface area contributed by atoms with Crippen molar-refractivity contribution in [2.75, 3.05) is 46.1 Å². The molecule has 1 fully saturated rings. The summed E-state index contributed by atoms with van der Waals surface area (Å²) in [5, 5.41) is 41.2. The second-order valence-electron chi connectivity index (χ2n) is 15.6. The molecule has 56 heavy (non-hydrogen) atoms. The number of alkyl carbamates (subject to hydrolysis) is 1. The van der Waals surface area contributed by atoms with Gasteiger partial charge in [0.2, 0.25) is 11.8 Å². The molecule has 6 atom stereocenters. The third kappa shape index (κ3) is 13.0. The van der Waals surface area contributed by atoms with Gasteiger partial charge in [-0.05, 0) is 80.8 Å². The van der Waals surface area contributed by atoms with Gasteiger partial charge >= 0.3 is 6.09 Å². The molecular weight excluding hydrogens is 716 g/mol. The van der Waals surface area contributed by atoms with Gasteiger partial charge in [-0.15, -0.1) is 0 Å². The second kappa shape index (κ2) is 20.6. The summed E-state index contributed by atoms with van der Waals surface area (Å²) in [7, 11) is 0. The first-order valence-electron chi connectivity index (χ1n) is 19.6. The van der Waals surface area contributed by atoms with Crippen molar-refractivity contribution in [3.8, 4) is 5.75 Å². The van der Waals surface area contributed by atoms with Crippen molar-refractivity contribution in [2.45, 2.75) is 88.8 Å². The Morgan fingerprint density at radius 2 is 1.57 bits per heavy atom. The molecule has 13 nitrogen and oxygen atoms in total. The van der Waals surface area contributed by atoms with Crippen LogP contribution in [0.25, 0.3) is 0 Å². The average molecular weight is 775 g/mol. The van der Waals surface area contributed by atoms with Gasteiger partial charge in [-0.3, -0.25) is 14.5 Å². The van der Waals surface area contributed by atoms with E-state index in [0.29, 0.717) is 18.8 Å². The summed E-state index contributed by atoms with van der Waals surface area (Å²) >= 11 is 0. The first kappa shape index (κ1) is 42.6. The van der Waals surface area contributed by atoms with E-state index in [-0.39, 0.29) is 38.2 Å². The van der Waals surface area contributed by atoms with Crippen molar-refractivity contribution in [3.05, 3.63) is 101 Å². The van der Waals surface area contributed by atoms with Gasteiger partial charge in [0.05, 0.1) is 37.5 Å². The van der Waals surface area contributed by atoms with Gasteiger partial charge in [-0.2, -0.15) is 0 Å². The molecule has 0 unspecified atom stereocenters. The number of carbonyl (C=O) groups excluding carboxylic acids is 3. The Morgan fingerprint density at radius 3 is 2.27 bits per heavy atom. The number of aliphatic hydroxyl groups excluding tert-OH is 3. The molecule has 0 saturated carbocycles. The predicted molar refractivity (Wildman–Crippen MR) is 211 cm³/mol. The highest BCUT2D eigenvalue weighted by atomic mass is 16.6. The minimum atomic E-state index is -1.21. The number of amides is 3. The Labute approximate surface area is 329 Å². The monoisotopic (exact) mass is 774 g/mol. The van der Waals surface area contributed by atoms with Crippen LogP contribution >= 0.6 is 0 Å². The van der Waals surface area contributed by atoms with Crippen molar-refractivity contribution >= 4 is 17.9 Å². The maximum atomic E-state index is 14.2. The second-order valence-corrected chi connectivity index (χ2v) is 15.6. The molecule has 6 N–H and O–H groups in total. The molecule has 2 aliphatic rings. The predicted octanol–water partition coefficient (Wildman–Crippen LogP) is 3.09. The lowest BCUT2D eigenvalue weighted by Gasteiger charge is -2.30. The highest BCUT2D eigenvalue weighted by Gasteiger charge is 2.36. The maximum Gasteiger partial charge on any atom is 0.408 e.